The van der Waals surface area contributed by atoms with Gasteiger partial charge in [0, 0.05) is 37.7 Å². The standard InChI is InChI=1S/C18H26N2O2/c1-3-15(4-2)18(22)20-12-10-19(11-13-20)14-17(21)16-8-6-5-7-9-16/h5-9,15H,3-4,10-14H2,1-2H3. The number of nitrogens with zero attached hydrogens (tertiary/aromatic N) is 2. The molecule has 22 heavy (non-hydrogen) atoms. The van der Waals surface area contributed by atoms with Crippen molar-refractivity contribution in [3.05, 3.63) is 35.9 Å². The van der Waals surface area contributed by atoms with E-state index in [9.17, 15) is 9.59 Å². The molecule has 0 bridgehead atoms. The lowest BCUT2D eigenvalue weighted by atomic mass is 10.0. The molecule has 0 radical (unpaired) electrons. The first-order valence-electron chi connectivity index (χ1n) is 8.25. The number of rotatable bonds is 6. The van der Waals surface area contributed by atoms with Crippen molar-refractivity contribution in [1.82, 2.24) is 9.80 Å². The molecule has 1 aliphatic heterocycles. The van der Waals surface area contributed by atoms with Gasteiger partial charge in [0.05, 0.1) is 6.54 Å². The first-order chi connectivity index (χ1) is 10.7. The van der Waals surface area contributed by atoms with Gasteiger partial charge in [0.1, 0.15) is 0 Å². The molecule has 4 heteroatoms. The average Bonchev–Trinajstić information content (AvgIpc) is 2.57. The average molecular weight is 302 g/mol. The molecule has 0 N–H and O–H groups in total. The van der Waals surface area contributed by atoms with Crippen LogP contribution in [0.2, 0.25) is 0 Å². The molecule has 4 nitrogen and oxygen atoms in total. The molecule has 0 saturated carbocycles. The van der Waals surface area contributed by atoms with Gasteiger partial charge in [-0.25, -0.2) is 0 Å². The highest BCUT2D eigenvalue weighted by Crippen LogP contribution is 2.14. The van der Waals surface area contributed by atoms with E-state index in [-0.39, 0.29) is 17.6 Å². The van der Waals surface area contributed by atoms with Gasteiger partial charge in [0.25, 0.3) is 0 Å². The summed E-state index contributed by atoms with van der Waals surface area (Å²) in [5, 5.41) is 0. The quantitative estimate of drug-likeness (QED) is 0.758. The monoisotopic (exact) mass is 302 g/mol. The molecule has 0 aromatic heterocycles. The summed E-state index contributed by atoms with van der Waals surface area (Å²) >= 11 is 0. The zero-order valence-corrected chi connectivity index (χ0v) is 13.6. The van der Waals surface area contributed by atoms with Crippen molar-refractivity contribution < 1.29 is 9.59 Å². The molecule has 2 rings (SSSR count). The Hall–Kier alpha value is -1.68. The van der Waals surface area contributed by atoms with Crippen molar-refractivity contribution in [3.8, 4) is 0 Å². The molecule has 1 fully saturated rings. The molecule has 0 unspecified atom stereocenters. The summed E-state index contributed by atoms with van der Waals surface area (Å²) in [4.78, 5) is 28.7. The molecule has 1 aromatic carbocycles. The molecule has 1 aromatic rings. The summed E-state index contributed by atoms with van der Waals surface area (Å²) in [6, 6.07) is 9.41. The fourth-order valence-electron chi connectivity index (χ4n) is 2.94. The third-order valence-corrected chi connectivity index (χ3v) is 4.48. The minimum absolute atomic E-state index is 0.150. The summed E-state index contributed by atoms with van der Waals surface area (Å²) in [7, 11) is 0. The fraction of sp³-hybridized carbons (Fsp3) is 0.556. The first kappa shape index (κ1) is 16.7. The summed E-state index contributed by atoms with van der Waals surface area (Å²) in [5.41, 5.74) is 0.762. The number of benzene rings is 1. The molecule has 0 spiro atoms. The molecule has 0 aliphatic carbocycles. The van der Waals surface area contributed by atoms with Crippen molar-refractivity contribution in [3.63, 3.8) is 0 Å². The summed E-state index contributed by atoms with van der Waals surface area (Å²) < 4.78 is 0. The maximum atomic E-state index is 12.4. The van der Waals surface area contributed by atoms with Gasteiger partial charge >= 0.3 is 0 Å². The molecular formula is C18H26N2O2. The Morgan fingerprint density at radius 1 is 1.00 bits per heavy atom. The van der Waals surface area contributed by atoms with Crippen LogP contribution >= 0.6 is 0 Å². The maximum Gasteiger partial charge on any atom is 0.225 e. The second-order valence-corrected chi connectivity index (χ2v) is 5.90. The van der Waals surface area contributed by atoms with Gasteiger partial charge in [-0.1, -0.05) is 44.2 Å². The van der Waals surface area contributed by atoms with Crippen LogP contribution in [0, 0.1) is 5.92 Å². The van der Waals surface area contributed by atoms with Crippen molar-refractivity contribution >= 4 is 11.7 Å². The predicted octanol–water partition coefficient (Wildman–Crippen LogP) is 2.45. The summed E-state index contributed by atoms with van der Waals surface area (Å²) in [6.07, 6.45) is 1.81. The summed E-state index contributed by atoms with van der Waals surface area (Å²) in [5.74, 6) is 0.580. The third kappa shape index (κ3) is 4.17. The number of hydrogen-bond acceptors (Lipinski definition) is 3. The van der Waals surface area contributed by atoms with E-state index < -0.39 is 0 Å². The second-order valence-electron chi connectivity index (χ2n) is 5.90. The van der Waals surface area contributed by atoms with Crippen LogP contribution in [-0.2, 0) is 4.79 Å². The Balaban J connectivity index is 1.82. The highest BCUT2D eigenvalue weighted by Gasteiger charge is 2.26. The van der Waals surface area contributed by atoms with Crippen LogP contribution in [0.25, 0.3) is 0 Å². The zero-order valence-electron chi connectivity index (χ0n) is 13.6. The van der Waals surface area contributed by atoms with Gasteiger partial charge in [0.2, 0.25) is 5.91 Å². The van der Waals surface area contributed by atoms with Crippen molar-refractivity contribution in [2.45, 2.75) is 26.7 Å². The van der Waals surface area contributed by atoms with Gasteiger partial charge in [-0.3, -0.25) is 14.5 Å². The lowest BCUT2D eigenvalue weighted by Crippen LogP contribution is -2.51. The number of piperazine rings is 1. The molecule has 1 saturated heterocycles. The minimum atomic E-state index is 0.150. The van der Waals surface area contributed by atoms with E-state index in [0.29, 0.717) is 6.54 Å². The topological polar surface area (TPSA) is 40.6 Å². The van der Waals surface area contributed by atoms with E-state index in [1.165, 1.54) is 0 Å². The number of Topliss-reactive ketones (excluding diaryl/α,β-unsaturated/α-hetero) is 1. The van der Waals surface area contributed by atoms with E-state index >= 15 is 0 Å². The Labute approximate surface area is 133 Å². The molecule has 1 heterocycles. The number of ketones is 1. The normalized spacial score (nSPS) is 16.0. The largest absolute Gasteiger partial charge is 0.340 e. The van der Waals surface area contributed by atoms with E-state index in [2.05, 4.69) is 18.7 Å². The van der Waals surface area contributed by atoms with Crippen molar-refractivity contribution in [2.75, 3.05) is 32.7 Å². The van der Waals surface area contributed by atoms with Crippen molar-refractivity contribution in [1.29, 1.82) is 0 Å². The van der Waals surface area contributed by atoms with Gasteiger partial charge in [-0.15, -0.1) is 0 Å². The number of hydrogen-bond donors (Lipinski definition) is 0. The van der Waals surface area contributed by atoms with Crippen LogP contribution in [0.4, 0.5) is 0 Å². The number of amides is 1. The molecular weight excluding hydrogens is 276 g/mol. The Morgan fingerprint density at radius 3 is 2.14 bits per heavy atom. The minimum Gasteiger partial charge on any atom is -0.340 e. The first-order valence-corrected chi connectivity index (χ1v) is 8.25. The van der Waals surface area contributed by atoms with Crippen LogP contribution in [0.15, 0.2) is 30.3 Å². The SMILES string of the molecule is CCC(CC)C(=O)N1CCN(CC(=O)c2ccccc2)CC1. The lowest BCUT2D eigenvalue weighted by Gasteiger charge is -2.36. The fourth-order valence-corrected chi connectivity index (χ4v) is 2.94. The van der Waals surface area contributed by atoms with Gasteiger partial charge in [-0.2, -0.15) is 0 Å². The van der Waals surface area contributed by atoms with Crippen LogP contribution < -0.4 is 0 Å². The van der Waals surface area contributed by atoms with Gasteiger partial charge in [-0.05, 0) is 12.8 Å². The zero-order chi connectivity index (χ0) is 15.9. The molecule has 1 aliphatic rings. The van der Waals surface area contributed by atoms with E-state index in [0.717, 1.165) is 44.6 Å². The van der Waals surface area contributed by atoms with Crippen molar-refractivity contribution in [2.24, 2.45) is 5.92 Å². The molecule has 1 amide bonds. The van der Waals surface area contributed by atoms with Crippen LogP contribution in [-0.4, -0.2) is 54.2 Å². The number of carbonyl (C=O) groups excluding carboxylic acids is 2. The molecule has 120 valence electrons. The molecule has 0 atom stereocenters. The van der Waals surface area contributed by atoms with E-state index in [4.69, 9.17) is 0 Å². The van der Waals surface area contributed by atoms with E-state index in [1.807, 2.05) is 35.2 Å². The predicted molar refractivity (Wildman–Crippen MR) is 87.9 cm³/mol. The Morgan fingerprint density at radius 2 is 1.59 bits per heavy atom. The van der Waals surface area contributed by atoms with Crippen LogP contribution in [0.3, 0.4) is 0 Å². The maximum absolute atomic E-state index is 12.4. The number of carbonyl (C=O) groups is 2. The third-order valence-electron chi connectivity index (χ3n) is 4.48. The smallest absolute Gasteiger partial charge is 0.225 e. The lowest BCUT2D eigenvalue weighted by molar-refractivity contribution is -0.137. The van der Waals surface area contributed by atoms with Crippen LogP contribution in [0.5, 0.6) is 0 Å². The highest BCUT2D eigenvalue weighted by molar-refractivity contribution is 5.97. The second kappa shape index (κ2) is 8.08. The Bertz CT molecular complexity index is 489. The van der Waals surface area contributed by atoms with Gasteiger partial charge in [0.15, 0.2) is 5.78 Å². The highest BCUT2D eigenvalue weighted by atomic mass is 16.2. The van der Waals surface area contributed by atoms with Gasteiger partial charge < -0.3 is 4.90 Å². The van der Waals surface area contributed by atoms with Crippen LogP contribution in [0.1, 0.15) is 37.0 Å². The summed E-state index contributed by atoms with van der Waals surface area (Å²) in [6.45, 7) is 7.61. The van der Waals surface area contributed by atoms with E-state index in [1.54, 1.807) is 0 Å². The Kier molecular flexibility index (Phi) is 6.13.